The molecule has 0 saturated carbocycles. The molecule has 0 aliphatic carbocycles. The van der Waals surface area contributed by atoms with Crippen LogP contribution < -0.4 is 5.73 Å². The third-order valence-corrected chi connectivity index (χ3v) is 3.50. The number of anilines is 1. The average Bonchev–Trinajstić information content (AvgIpc) is 2.88. The summed E-state index contributed by atoms with van der Waals surface area (Å²) in [6.07, 6.45) is 7.50. The van der Waals surface area contributed by atoms with E-state index in [1.165, 1.54) is 0 Å². The van der Waals surface area contributed by atoms with Crippen molar-refractivity contribution in [1.29, 1.82) is 0 Å². The van der Waals surface area contributed by atoms with Crippen LogP contribution in [0.1, 0.15) is 39.3 Å². The second-order valence-electron chi connectivity index (χ2n) is 6.74. The Morgan fingerprint density at radius 3 is 2.91 bits per heavy atom. The highest BCUT2D eigenvalue weighted by Gasteiger charge is 2.28. The molecule has 2 heterocycles. The largest absolute Gasteiger partial charge is 0.444 e. The first-order valence-corrected chi connectivity index (χ1v) is 7.69. The monoisotopic (exact) mass is 303 g/mol. The molecule has 0 aromatic carbocycles. The predicted molar refractivity (Wildman–Crippen MR) is 88.2 cm³/mol. The van der Waals surface area contributed by atoms with E-state index in [9.17, 15) is 4.79 Å². The Morgan fingerprint density at radius 1 is 1.50 bits per heavy atom. The number of aromatic nitrogens is 1. The molecule has 120 valence electrons. The van der Waals surface area contributed by atoms with Gasteiger partial charge in [-0.15, -0.1) is 0 Å². The molecule has 0 bridgehead atoms. The summed E-state index contributed by atoms with van der Waals surface area (Å²) in [5.74, 6) is 0.484. The molecule has 1 aromatic heterocycles. The highest BCUT2D eigenvalue weighted by Crippen LogP contribution is 2.22. The molecule has 5 nitrogen and oxygen atoms in total. The number of allylic oxidation sites excluding steroid dienone is 1. The van der Waals surface area contributed by atoms with Crippen molar-refractivity contribution in [2.45, 2.75) is 39.2 Å². The Hall–Kier alpha value is -2.04. The zero-order valence-electron chi connectivity index (χ0n) is 13.6. The normalized spacial score (nSPS) is 18.9. The van der Waals surface area contributed by atoms with Crippen LogP contribution in [0, 0.1) is 5.92 Å². The van der Waals surface area contributed by atoms with Crippen molar-refractivity contribution in [3.63, 3.8) is 0 Å². The number of carbonyl (C=O) groups excluding carboxylic acids is 1. The zero-order valence-corrected chi connectivity index (χ0v) is 13.6. The van der Waals surface area contributed by atoms with E-state index in [1.54, 1.807) is 11.1 Å². The summed E-state index contributed by atoms with van der Waals surface area (Å²) < 4.78 is 5.40. The fourth-order valence-corrected chi connectivity index (χ4v) is 2.41. The van der Waals surface area contributed by atoms with E-state index in [0.717, 1.165) is 31.6 Å². The molecule has 22 heavy (non-hydrogen) atoms. The van der Waals surface area contributed by atoms with E-state index in [1.807, 2.05) is 39.0 Å². The zero-order chi connectivity index (χ0) is 16.2. The fourth-order valence-electron chi connectivity index (χ4n) is 2.41. The van der Waals surface area contributed by atoms with Crippen molar-refractivity contribution < 1.29 is 9.53 Å². The summed E-state index contributed by atoms with van der Waals surface area (Å²) >= 11 is 0. The van der Waals surface area contributed by atoms with Gasteiger partial charge in [0.1, 0.15) is 5.60 Å². The van der Waals surface area contributed by atoms with Gasteiger partial charge in [0, 0.05) is 13.1 Å². The van der Waals surface area contributed by atoms with Crippen LogP contribution >= 0.6 is 0 Å². The second kappa shape index (κ2) is 6.81. The summed E-state index contributed by atoms with van der Waals surface area (Å²) in [6, 6.07) is 3.74. The van der Waals surface area contributed by atoms with Gasteiger partial charge in [-0.25, -0.2) is 4.79 Å². The van der Waals surface area contributed by atoms with Gasteiger partial charge in [0.2, 0.25) is 0 Å². The fraction of sp³-hybridized carbons (Fsp3) is 0.529. The van der Waals surface area contributed by atoms with E-state index < -0.39 is 5.60 Å². The van der Waals surface area contributed by atoms with Gasteiger partial charge in [-0.3, -0.25) is 4.98 Å². The van der Waals surface area contributed by atoms with E-state index in [-0.39, 0.29) is 6.09 Å². The van der Waals surface area contributed by atoms with Crippen LogP contribution in [0.4, 0.5) is 10.5 Å². The van der Waals surface area contributed by atoms with E-state index >= 15 is 0 Å². The molecule has 5 heteroatoms. The third kappa shape index (κ3) is 5.06. The molecular formula is C17H25N3O2. The maximum atomic E-state index is 12.0. The molecule has 0 unspecified atom stereocenters. The molecule has 0 radical (unpaired) electrons. The highest BCUT2D eigenvalue weighted by molar-refractivity contribution is 5.68. The number of hydrogen-bond acceptors (Lipinski definition) is 4. The number of pyridine rings is 1. The van der Waals surface area contributed by atoms with Crippen LogP contribution in [0.3, 0.4) is 0 Å². The molecule has 1 amide bonds. The van der Waals surface area contributed by atoms with Crippen molar-refractivity contribution >= 4 is 17.9 Å². The van der Waals surface area contributed by atoms with Crippen LogP contribution in [0.15, 0.2) is 24.4 Å². The standard InChI is InChI=1S/C17H25N3O2/c1-17(2,3)22-16(21)20-10-9-13(12-20)5-4-6-15-8-7-14(18)11-19-15/h4,6-8,11,13H,5,9-10,12,18H2,1-3H3/t13-/m0/s1. The molecule has 0 spiro atoms. The van der Waals surface area contributed by atoms with Gasteiger partial charge in [0.25, 0.3) is 0 Å². The van der Waals surface area contributed by atoms with Gasteiger partial charge in [-0.05, 0) is 57.7 Å². The first kappa shape index (κ1) is 16.3. The molecule has 2 rings (SSSR count). The summed E-state index contributed by atoms with van der Waals surface area (Å²) in [6.45, 7) is 7.20. The third-order valence-electron chi connectivity index (χ3n) is 3.50. The molecular weight excluding hydrogens is 278 g/mol. The first-order chi connectivity index (χ1) is 10.3. The number of nitrogen functional groups attached to an aromatic ring is 1. The number of ether oxygens (including phenoxy) is 1. The van der Waals surface area contributed by atoms with Gasteiger partial charge in [-0.2, -0.15) is 0 Å². The Labute approximate surface area is 132 Å². The minimum atomic E-state index is -0.435. The van der Waals surface area contributed by atoms with Crippen molar-refractivity contribution in [3.8, 4) is 0 Å². The highest BCUT2D eigenvalue weighted by atomic mass is 16.6. The number of likely N-dealkylation sites (tertiary alicyclic amines) is 1. The van der Waals surface area contributed by atoms with Gasteiger partial charge in [0.15, 0.2) is 0 Å². The number of nitrogens with two attached hydrogens (primary N) is 1. The molecule has 1 atom stereocenters. The minimum Gasteiger partial charge on any atom is -0.444 e. The van der Waals surface area contributed by atoms with Crippen molar-refractivity contribution in [2.24, 2.45) is 5.92 Å². The number of hydrogen-bond donors (Lipinski definition) is 1. The summed E-state index contributed by atoms with van der Waals surface area (Å²) in [4.78, 5) is 18.0. The van der Waals surface area contributed by atoms with Crippen LogP contribution in [-0.4, -0.2) is 34.7 Å². The Balaban J connectivity index is 1.79. The lowest BCUT2D eigenvalue weighted by Gasteiger charge is -2.24. The summed E-state index contributed by atoms with van der Waals surface area (Å²) in [7, 11) is 0. The average molecular weight is 303 g/mol. The van der Waals surface area contributed by atoms with E-state index in [2.05, 4.69) is 11.1 Å². The summed E-state index contributed by atoms with van der Waals surface area (Å²) in [5.41, 5.74) is 6.74. The predicted octanol–water partition coefficient (Wildman–Crippen LogP) is 3.32. The number of nitrogens with zero attached hydrogens (tertiary/aromatic N) is 2. The number of rotatable bonds is 3. The van der Waals surface area contributed by atoms with Crippen LogP contribution in [-0.2, 0) is 4.74 Å². The lowest BCUT2D eigenvalue weighted by Crippen LogP contribution is -2.35. The van der Waals surface area contributed by atoms with Crippen LogP contribution in [0.5, 0.6) is 0 Å². The van der Waals surface area contributed by atoms with Gasteiger partial charge in [-0.1, -0.05) is 6.08 Å². The lowest BCUT2D eigenvalue weighted by molar-refractivity contribution is 0.0288. The maximum Gasteiger partial charge on any atom is 0.410 e. The van der Waals surface area contributed by atoms with Gasteiger partial charge in [0.05, 0.1) is 17.6 Å². The minimum absolute atomic E-state index is 0.209. The van der Waals surface area contributed by atoms with Crippen LogP contribution in [0.25, 0.3) is 6.08 Å². The molecule has 1 aliphatic heterocycles. The van der Waals surface area contributed by atoms with Crippen LogP contribution in [0.2, 0.25) is 0 Å². The molecule has 1 fully saturated rings. The van der Waals surface area contributed by atoms with E-state index in [4.69, 9.17) is 10.5 Å². The SMILES string of the molecule is CC(C)(C)OC(=O)N1CC[C@H](CC=Cc2ccc(N)cn2)C1. The van der Waals surface area contributed by atoms with Gasteiger partial charge < -0.3 is 15.4 Å². The Bertz CT molecular complexity index is 532. The maximum absolute atomic E-state index is 12.0. The Morgan fingerprint density at radius 2 is 2.27 bits per heavy atom. The van der Waals surface area contributed by atoms with E-state index in [0.29, 0.717) is 11.6 Å². The summed E-state index contributed by atoms with van der Waals surface area (Å²) in [5, 5.41) is 0. The molecule has 2 N–H and O–H groups in total. The quantitative estimate of drug-likeness (QED) is 0.930. The molecule has 1 saturated heterocycles. The molecule has 1 aliphatic rings. The van der Waals surface area contributed by atoms with Gasteiger partial charge >= 0.3 is 6.09 Å². The first-order valence-electron chi connectivity index (χ1n) is 7.69. The molecule has 1 aromatic rings. The number of carbonyl (C=O) groups is 1. The number of amides is 1. The Kier molecular flexibility index (Phi) is 5.06. The van der Waals surface area contributed by atoms with Crippen molar-refractivity contribution in [3.05, 3.63) is 30.1 Å². The second-order valence-corrected chi connectivity index (χ2v) is 6.74. The smallest absolute Gasteiger partial charge is 0.410 e. The lowest BCUT2D eigenvalue weighted by atomic mass is 10.0. The topological polar surface area (TPSA) is 68.5 Å². The van der Waals surface area contributed by atoms with Crippen molar-refractivity contribution in [2.75, 3.05) is 18.8 Å². The van der Waals surface area contributed by atoms with Crippen molar-refractivity contribution in [1.82, 2.24) is 9.88 Å².